The first kappa shape index (κ1) is 21.5. The third-order valence-electron chi connectivity index (χ3n) is 7.63. The Morgan fingerprint density at radius 3 is 2.59 bits per heavy atom. The highest BCUT2D eigenvalue weighted by atomic mass is 16.2. The molecule has 1 atom stereocenters. The lowest BCUT2D eigenvalue weighted by Gasteiger charge is -2.45. The largest absolute Gasteiger partial charge is 0.339 e. The lowest BCUT2D eigenvalue weighted by Crippen LogP contribution is -2.58. The number of carbonyl (C=O) groups is 1. The number of rotatable bonds is 4. The van der Waals surface area contributed by atoms with Crippen molar-refractivity contribution in [3.8, 4) is 11.1 Å². The molecule has 6 nitrogen and oxygen atoms in total. The second-order valence-electron chi connectivity index (χ2n) is 9.79. The summed E-state index contributed by atoms with van der Waals surface area (Å²) in [6, 6.07) is 7.83. The molecule has 3 aliphatic rings. The second kappa shape index (κ2) is 9.67. The molecule has 0 unspecified atom stereocenters. The van der Waals surface area contributed by atoms with E-state index in [1.54, 1.807) is 6.33 Å². The minimum atomic E-state index is 0.293. The summed E-state index contributed by atoms with van der Waals surface area (Å²) < 4.78 is 0. The second-order valence-corrected chi connectivity index (χ2v) is 9.79. The van der Waals surface area contributed by atoms with Crippen LogP contribution in [0.3, 0.4) is 0 Å². The fraction of sp³-hybridized carbons (Fsp3) is 0.577. The van der Waals surface area contributed by atoms with Crippen LogP contribution in [0, 0.1) is 0 Å². The quantitative estimate of drug-likeness (QED) is 0.740. The summed E-state index contributed by atoms with van der Waals surface area (Å²) in [6.07, 6.45) is 13.1. The molecule has 2 aromatic rings. The van der Waals surface area contributed by atoms with E-state index >= 15 is 0 Å². The molecule has 0 radical (unpaired) electrons. The minimum Gasteiger partial charge on any atom is -0.339 e. The summed E-state index contributed by atoms with van der Waals surface area (Å²) in [4.78, 5) is 28.5. The van der Waals surface area contributed by atoms with E-state index in [2.05, 4.69) is 49.8 Å². The zero-order chi connectivity index (χ0) is 21.9. The van der Waals surface area contributed by atoms with Gasteiger partial charge in [0.25, 0.3) is 0 Å². The number of amides is 1. The van der Waals surface area contributed by atoms with Gasteiger partial charge in [0.1, 0.15) is 6.33 Å². The Labute approximate surface area is 191 Å². The number of piperazine rings is 1. The van der Waals surface area contributed by atoms with Gasteiger partial charge in [0.05, 0.1) is 6.54 Å². The third kappa shape index (κ3) is 4.71. The number of hydrogen-bond acceptors (Lipinski definition) is 5. The van der Waals surface area contributed by atoms with Gasteiger partial charge < -0.3 is 4.90 Å². The zero-order valence-corrected chi connectivity index (χ0v) is 19.2. The van der Waals surface area contributed by atoms with E-state index in [4.69, 9.17) is 0 Å². The maximum atomic E-state index is 13.1. The highest BCUT2D eigenvalue weighted by molar-refractivity contribution is 5.78. The van der Waals surface area contributed by atoms with Gasteiger partial charge in [-0.25, -0.2) is 9.97 Å². The maximum Gasteiger partial charge on any atom is 0.236 e. The van der Waals surface area contributed by atoms with E-state index < -0.39 is 0 Å². The van der Waals surface area contributed by atoms with Crippen LogP contribution in [0.1, 0.15) is 50.2 Å². The summed E-state index contributed by atoms with van der Waals surface area (Å²) in [5, 5.41) is 0. The molecule has 32 heavy (non-hydrogen) atoms. The topological polar surface area (TPSA) is 52.6 Å². The Morgan fingerprint density at radius 1 is 1.00 bits per heavy atom. The molecule has 2 fully saturated rings. The average Bonchev–Trinajstić information content (AvgIpc) is 2.84. The number of hydrogen-bond donors (Lipinski definition) is 0. The van der Waals surface area contributed by atoms with Crippen LogP contribution in [0.25, 0.3) is 11.1 Å². The molecule has 2 aliphatic heterocycles. The Hall–Kier alpha value is -2.31. The van der Waals surface area contributed by atoms with Crippen LogP contribution in [0.5, 0.6) is 0 Å². The van der Waals surface area contributed by atoms with E-state index in [9.17, 15) is 4.79 Å². The lowest BCUT2D eigenvalue weighted by atomic mass is 9.92. The Kier molecular flexibility index (Phi) is 6.51. The average molecular weight is 434 g/mol. The molecule has 1 aromatic heterocycles. The molecule has 170 valence electrons. The number of nitrogens with zero attached hydrogens (tertiary/aromatic N) is 5. The first-order chi connectivity index (χ1) is 15.7. The highest BCUT2D eigenvalue weighted by Crippen LogP contribution is 2.27. The summed E-state index contributed by atoms with van der Waals surface area (Å²) >= 11 is 0. The third-order valence-corrected chi connectivity index (χ3v) is 7.63. The van der Waals surface area contributed by atoms with Gasteiger partial charge in [0, 0.05) is 62.8 Å². The van der Waals surface area contributed by atoms with Crippen molar-refractivity contribution in [3.63, 3.8) is 0 Å². The van der Waals surface area contributed by atoms with Crippen LogP contribution in [-0.4, -0.2) is 75.4 Å². The van der Waals surface area contributed by atoms with E-state index in [-0.39, 0.29) is 0 Å². The van der Waals surface area contributed by atoms with Crippen LogP contribution in [0.2, 0.25) is 0 Å². The SMILES string of the molecule is C[C@H]1CN(C(=O)CN2CCc3cc(-c4cncnc4)ccc3C2)CCN1C1CCCCC1. The highest BCUT2D eigenvalue weighted by Gasteiger charge is 2.32. The fourth-order valence-corrected chi connectivity index (χ4v) is 5.82. The van der Waals surface area contributed by atoms with Gasteiger partial charge in [-0.3, -0.25) is 14.6 Å². The van der Waals surface area contributed by atoms with E-state index in [1.165, 1.54) is 48.8 Å². The predicted molar refractivity (Wildman–Crippen MR) is 126 cm³/mol. The van der Waals surface area contributed by atoms with Gasteiger partial charge in [-0.1, -0.05) is 37.5 Å². The standard InChI is InChI=1S/C26H35N5O/c1-20-16-30(11-12-31(20)25-5-3-2-4-6-25)26(32)18-29-10-9-22-13-21(7-8-23(22)17-29)24-14-27-19-28-15-24/h7-8,13-15,19-20,25H,2-6,9-12,16-18H2,1H3/t20-/m0/s1. The van der Waals surface area contributed by atoms with E-state index in [0.717, 1.165) is 50.7 Å². The van der Waals surface area contributed by atoms with E-state index in [0.29, 0.717) is 18.5 Å². The van der Waals surface area contributed by atoms with Crippen molar-refractivity contribution in [1.82, 2.24) is 24.7 Å². The Morgan fingerprint density at radius 2 is 1.81 bits per heavy atom. The summed E-state index contributed by atoms with van der Waals surface area (Å²) in [5.41, 5.74) is 4.93. The first-order valence-electron chi connectivity index (χ1n) is 12.3. The molecule has 5 rings (SSSR count). The van der Waals surface area contributed by atoms with E-state index in [1.807, 2.05) is 12.4 Å². The number of aromatic nitrogens is 2. The van der Waals surface area contributed by atoms with Gasteiger partial charge in [-0.15, -0.1) is 0 Å². The molecule has 0 spiro atoms. The number of benzene rings is 1. The van der Waals surface area contributed by atoms with Gasteiger partial charge in [-0.2, -0.15) is 0 Å². The molecular formula is C26H35N5O. The van der Waals surface area contributed by atoms with Crippen molar-refractivity contribution in [2.45, 2.75) is 64.1 Å². The van der Waals surface area contributed by atoms with Gasteiger partial charge in [-0.05, 0) is 42.9 Å². The molecule has 3 heterocycles. The van der Waals surface area contributed by atoms with Crippen LogP contribution >= 0.6 is 0 Å². The van der Waals surface area contributed by atoms with Crippen LogP contribution < -0.4 is 0 Å². The lowest BCUT2D eigenvalue weighted by molar-refractivity contribution is -0.136. The van der Waals surface area contributed by atoms with Crippen molar-refractivity contribution < 1.29 is 4.79 Å². The molecule has 1 aliphatic carbocycles. The molecule has 1 amide bonds. The molecule has 1 aromatic carbocycles. The fourth-order valence-electron chi connectivity index (χ4n) is 5.82. The van der Waals surface area contributed by atoms with Crippen molar-refractivity contribution >= 4 is 5.91 Å². The molecule has 1 saturated heterocycles. The molecule has 6 heteroatoms. The van der Waals surface area contributed by atoms with Gasteiger partial charge >= 0.3 is 0 Å². The van der Waals surface area contributed by atoms with Gasteiger partial charge in [0.2, 0.25) is 5.91 Å². The smallest absolute Gasteiger partial charge is 0.236 e. The molecule has 0 bridgehead atoms. The first-order valence-corrected chi connectivity index (χ1v) is 12.3. The minimum absolute atomic E-state index is 0.293. The predicted octanol–water partition coefficient (Wildman–Crippen LogP) is 3.37. The summed E-state index contributed by atoms with van der Waals surface area (Å²) in [7, 11) is 0. The van der Waals surface area contributed by atoms with Crippen LogP contribution in [-0.2, 0) is 17.8 Å². The maximum absolute atomic E-state index is 13.1. The monoisotopic (exact) mass is 433 g/mol. The van der Waals surface area contributed by atoms with Crippen LogP contribution in [0.15, 0.2) is 36.9 Å². The zero-order valence-electron chi connectivity index (χ0n) is 19.2. The Bertz CT molecular complexity index is 927. The van der Waals surface area contributed by atoms with Crippen LogP contribution in [0.4, 0.5) is 0 Å². The van der Waals surface area contributed by atoms with Crippen molar-refractivity contribution in [2.75, 3.05) is 32.7 Å². The van der Waals surface area contributed by atoms with Crippen molar-refractivity contribution in [3.05, 3.63) is 48.0 Å². The summed E-state index contributed by atoms with van der Waals surface area (Å²) in [6.45, 7) is 7.42. The molecule has 0 N–H and O–H groups in total. The van der Waals surface area contributed by atoms with Crippen molar-refractivity contribution in [2.24, 2.45) is 0 Å². The molecule has 1 saturated carbocycles. The Balaban J connectivity index is 1.16. The molecular weight excluding hydrogens is 398 g/mol. The summed E-state index contributed by atoms with van der Waals surface area (Å²) in [5.74, 6) is 0.293. The number of fused-ring (bicyclic) bond motifs is 1. The normalized spacial score (nSPS) is 23.2. The van der Waals surface area contributed by atoms with Gasteiger partial charge in [0.15, 0.2) is 0 Å². The van der Waals surface area contributed by atoms with Crippen molar-refractivity contribution in [1.29, 1.82) is 0 Å². The number of carbonyl (C=O) groups excluding carboxylic acids is 1.